The van der Waals surface area contributed by atoms with Gasteiger partial charge in [-0.1, -0.05) is 12.1 Å². The molecule has 162 valence electrons. The number of fused-ring (bicyclic) bond motifs is 2. The van der Waals surface area contributed by atoms with Gasteiger partial charge in [-0.2, -0.15) is 8.42 Å². The third kappa shape index (κ3) is 3.43. The van der Waals surface area contributed by atoms with Crippen LogP contribution >= 0.6 is 0 Å². The summed E-state index contributed by atoms with van der Waals surface area (Å²) in [5.74, 6) is -0.781. The molecule has 10 heteroatoms. The van der Waals surface area contributed by atoms with Crippen molar-refractivity contribution in [2.24, 2.45) is 7.05 Å². The van der Waals surface area contributed by atoms with Crippen LogP contribution in [0.1, 0.15) is 11.1 Å². The number of benzene rings is 2. The summed E-state index contributed by atoms with van der Waals surface area (Å²) < 4.78 is 43.1. The van der Waals surface area contributed by atoms with Gasteiger partial charge in [0.2, 0.25) is 5.88 Å². The molecule has 0 spiro atoms. The van der Waals surface area contributed by atoms with Gasteiger partial charge >= 0.3 is 10.2 Å². The van der Waals surface area contributed by atoms with E-state index in [0.29, 0.717) is 17.2 Å². The Balaban J connectivity index is 2.02. The van der Waals surface area contributed by atoms with Crippen LogP contribution in [0.2, 0.25) is 0 Å². The fourth-order valence-electron chi connectivity index (χ4n) is 3.70. The summed E-state index contributed by atoms with van der Waals surface area (Å²) in [6.45, 7) is 0. The molecular weight excluding hydrogens is 423 g/mol. The summed E-state index contributed by atoms with van der Waals surface area (Å²) in [5, 5.41) is 22.1. The number of phenolic OH excluding ortho intramolecular Hbond substituents is 1. The number of phenols is 1. The number of pyridine rings is 1. The molecule has 2 heterocycles. The van der Waals surface area contributed by atoms with Crippen molar-refractivity contribution in [1.29, 1.82) is 0 Å². The minimum Gasteiger partial charge on any atom is -0.505 e. The van der Waals surface area contributed by atoms with Crippen LogP contribution < -0.4 is 9.03 Å². The van der Waals surface area contributed by atoms with E-state index in [-0.39, 0.29) is 34.0 Å². The van der Waals surface area contributed by atoms with Gasteiger partial charge in [-0.15, -0.1) is 0 Å². The minimum atomic E-state index is -3.89. The Bertz CT molecular complexity index is 1420. The summed E-state index contributed by atoms with van der Waals surface area (Å²) in [5.41, 5.74) is 2.02. The van der Waals surface area contributed by atoms with E-state index in [1.54, 1.807) is 37.6 Å². The quantitative estimate of drug-likeness (QED) is 0.439. The van der Waals surface area contributed by atoms with Gasteiger partial charge < -0.3 is 14.8 Å². The largest absolute Gasteiger partial charge is 0.505 e. The van der Waals surface area contributed by atoms with Crippen LogP contribution in [0, 0.1) is 5.82 Å². The average Bonchev–Trinajstić information content (AvgIpc) is 3.04. The van der Waals surface area contributed by atoms with Crippen molar-refractivity contribution in [3.63, 3.8) is 0 Å². The molecule has 0 aliphatic heterocycles. The maximum Gasteiger partial charge on any atom is 0.301 e. The molecule has 0 atom stereocenters. The maximum absolute atomic E-state index is 13.2. The van der Waals surface area contributed by atoms with Crippen LogP contribution in [0.15, 0.2) is 42.7 Å². The second-order valence-electron chi connectivity index (χ2n) is 7.27. The van der Waals surface area contributed by atoms with Gasteiger partial charge in [-0.3, -0.25) is 9.29 Å². The van der Waals surface area contributed by atoms with Gasteiger partial charge in [0.15, 0.2) is 5.75 Å². The fourth-order valence-corrected chi connectivity index (χ4v) is 4.41. The lowest BCUT2D eigenvalue weighted by molar-refractivity contribution is 0.432. The summed E-state index contributed by atoms with van der Waals surface area (Å²) in [4.78, 5) is 4.36. The number of rotatable bonds is 5. The molecule has 4 rings (SSSR count). The Kier molecular flexibility index (Phi) is 4.98. The normalized spacial score (nSPS) is 12.0. The van der Waals surface area contributed by atoms with Crippen molar-refractivity contribution in [1.82, 2.24) is 14.3 Å². The molecular formula is C21H21FN4O4S. The van der Waals surface area contributed by atoms with Crippen molar-refractivity contribution in [2.75, 3.05) is 18.4 Å². The van der Waals surface area contributed by atoms with E-state index in [2.05, 4.69) is 9.71 Å². The molecule has 0 saturated carbocycles. The first-order chi connectivity index (χ1) is 14.6. The van der Waals surface area contributed by atoms with Gasteiger partial charge in [0.05, 0.1) is 11.1 Å². The van der Waals surface area contributed by atoms with Gasteiger partial charge in [-0.25, -0.2) is 9.11 Å². The van der Waals surface area contributed by atoms with Crippen LogP contribution in [-0.4, -0.2) is 42.3 Å². The highest BCUT2D eigenvalue weighted by molar-refractivity contribution is 7.90. The molecule has 31 heavy (non-hydrogen) atoms. The Hall–Kier alpha value is -3.37. The zero-order chi connectivity index (χ0) is 22.5. The molecule has 0 aliphatic rings. The maximum atomic E-state index is 13.2. The Morgan fingerprint density at radius 3 is 2.48 bits per heavy atom. The van der Waals surface area contributed by atoms with Crippen molar-refractivity contribution in [2.45, 2.75) is 6.42 Å². The highest BCUT2D eigenvalue weighted by Gasteiger charge is 2.27. The first-order valence-electron chi connectivity index (χ1n) is 9.37. The number of aromatic nitrogens is 2. The third-order valence-electron chi connectivity index (χ3n) is 5.32. The summed E-state index contributed by atoms with van der Waals surface area (Å²) in [7, 11) is 0.381. The van der Waals surface area contributed by atoms with E-state index in [4.69, 9.17) is 0 Å². The SMILES string of the molecule is CNS(=O)(=O)N(C)c1c2cc(Cc3ccc(F)cc3)cnc2c(O)c2c(O)n(C)cc12. The minimum absolute atomic E-state index is 0.113. The third-order valence-corrected chi connectivity index (χ3v) is 6.74. The van der Waals surface area contributed by atoms with Crippen molar-refractivity contribution < 1.29 is 23.0 Å². The van der Waals surface area contributed by atoms with E-state index in [1.807, 2.05) is 0 Å². The van der Waals surface area contributed by atoms with Crippen LogP contribution in [-0.2, 0) is 23.7 Å². The Labute approximate surface area is 178 Å². The van der Waals surface area contributed by atoms with Crippen LogP contribution in [0.3, 0.4) is 0 Å². The van der Waals surface area contributed by atoms with E-state index in [9.17, 15) is 23.0 Å². The predicted molar refractivity (Wildman–Crippen MR) is 117 cm³/mol. The lowest BCUT2D eigenvalue weighted by Crippen LogP contribution is -2.36. The van der Waals surface area contributed by atoms with Crippen LogP contribution in [0.25, 0.3) is 21.7 Å². The number of nitrogens with zero attached hydrogens (tertiary/aromatic N) is 3. The van der Waals surface area contributed by atoms with E-state index < -0.39 is 10.2 Å². The second-order valence-corrected chi connectivity index (χ2v) is 9.18. The zero-order valence-electron chi connectivity index (χ0n) is 17.1. The number of halogens is 1. The molecule has 0 fully saturated rings. The van der Waals surface area contributed by atoms with Crippen molar-refractivity contribution >= 4 is 37.6 Å². The van der Waals surface area contributed by atoms with Crippen molar-refractivity contribution in [3.05, 3.63) is 59.7 Å². The smallest absolute Gasteiger partial charge is 0.301 e. The molecule has 0 saturated heterocycles. The average molecular weight is 444 g/mol. The number of hydrogen-bond donors (Lipinski definition) is 3. The number of anilines is 1. The van der Waals surface area contributed by atoms with Crippen LogP contribution in [0.5, 0.6) is 11.6 Å². The molecule has 0 unspecified atom stereocenters. The number of aromatic hydroxyl groups is 2. The standard InChI is InChI=1S/C21H21FN4O4S/c1-23-31(29,30)26(3)19-15-9-13(8-12-4-6-14(22)7-5-12)10-24-18(15)20(27)17-16(19)11-25(2)21(17)28/h4-7,9-11,23,27-28H,8H2,1-3H3. The molecule has 2 aromatic carbocycles. The fraction of sp³-hybridized carbons (Fsp3) is 0.190. The molecule has 0 bridgehead atoms. The highest BCUT2D eigenvalue weighted by Crippen LogP contribution is 2.46. The zero-order valence-corrected chi connectivity index (χ0v) is 17.9. The van der Waals surface area contributed by atoms with E-state index >= 15 is 0 Å². The van der Waals surface area contributed by atoms with Gasteiger partial charge in [0.1, 0.15) is 11.3 Å². The Morgan fingerprint density at radius 2 is 1.84 bits per heavy atom. The molecule has 8 nitrogen and oxygen atoms in total. The molecule has 0 amide bonds. The molecule has 4 aromatic rings. The number of nitrogens with one attached hydrogen (secondary N) is 1. The van der Waals surface area contributed by atoms with E-state index in [0.717, 1.165) is 15.4 Å². The lowest BCUT2D eigenvalue weighted by atomic mass is 10.0. The molecule has 0 radical (unpaired) electrons. The summed E-state index contributed by atoms with van der Waals surface area (Å²) in [6, 6.07) is 7.79. The topological polar surface area (TPSA) is 108 Å². The van der Waals surface area contributed by atoms with Crippen LogP contribution in [0.4, 0.5) is 10.1 Å². The molecule has 3 N–H and O–H groups in total. The summed E-state index contributed by atoms with van der Waals surface area (Å²) >= 11 is 0. The van der Waals surface area contributed by atoms with Gasteiger partial charge in [0.25, 0.3) is 0 Å². The lowest BCUT2D eigenvalue weighted by Gasteiger charge is -2.22. The number of hydrogen-bond acceptors (Lipinski definition) is 5. The molecule has 2 aromatic heterocycles. The monoisotopic (exact) mass is 444 g/mol. The predicted octanol–water partition coefficient (Wildman–Crippen LogP) is 2.77. The Morgan fingerprint density at radius 1 is 1.16 bits per heavy atom. The van der Waals surface area contributed by atoms with Gasteiger partial charge in [-0.05, 0) is 35.7 Å². The summed E-state index contributed by atoms with van der Waals surface area (Å²) in [6.07, 6.45) is 3.55. The second kappa shape index (κ2) is 7.40. The van der Waals surface area contributed by atoms with Crippen molar-refractivity contribution in [3.8, 4) is 11.6 Å². The first kappa shape index (κ1) is 20.9. The van der Waals surface area contributed by atoms with E-state index in [1.165, 1.54) is 30.8 Å². The number of aryl methyl sites for hydroxylation is 1. The highest BCUT2D eigenvalue weighted by atomic mass is 32.2. The molecule has 0 aliphatic carbocycles. The first-order valence-corrected chi connectivity index (χ1v) is 10.8. The van der Waals surface area contributed by atoms with Gasteiger partial charge in [0, 0.05) is 44.3 Å².